The molecule has 3 rings (SSSR count). The number of rotatable bonds is 9. The minimum atomic E-state index is -0.200. The number of aryl methyl sites for hydroxylation is 2. The fourth-order valence-electron chi connectivity index (χ4n) is 2.90. The highest BCUT2D eigenvalue weighted by Gasteiger charge is 2.10. The fraction of sp³-hybridized carbons (Fsp3) is 0.273. The van der Waals surface area contributed by atoms with Gasteiger partial charge in [0.1, 0.15) is 23.3 Å². The predicted molar refractivity (Wildman–Crippen MR) is 119 cm³/mol. The molecule has 9 heteroatoms. The number of pyridine rings is 1. The summed E-state index contributed by atoms with van der Waals surface area (Å²) < 4.78 is 10.4. The number of hydrogen-bond acceptors (Lipinski definition) is 8. The number of hydrogen-bond donors (Lipinski definition) is 3. The zero-order valence-electron chi connectivity index (χ0n) is 18.0. The summed E-state index contributed by atoms with van der Waals surface area (Å²) in [5, 5.41) is 9.25. The molecule has 162 valence electrons. The quantitative estimate of drug-likeness (QED) is 0.451. The van der Waals surface area contributed by atoms with Gasteiger partial charge >= 0.3 is 0 Å². The molecule has 2 aromatic heterocycles. The molecule has 0 unspecified atom stereocenters. The Kier molecular flexibility index (Phi) is 7.21. The summed E-state index contributed by atoms with van der Waals surface area (Å²) in [5.41, 5.74) is 1.60. The zero-order valence-corrected chi connectivity index (χ0v) is 18.0. The summed E-state index contributed by atoms with van der Waals surface area (Å²) >= 11 is 0. The highest BCUT2D eigenvalue weighted by Crippen LogP contribution is 2.27. The predicted octanol–water partition coefficient (Wildman–Crippen LogP) is 3.09. The van der Waals surface area contributed by atoms with Crippen LogP contribution in [0.4, 0.5) is 17.5 Å². The maximum atomic E-state index is 12.4. The molecular formula is C22H26N6O3. The van der Waals surface area contributed by atoms with E-state index in [1.807, 2.05) is 26.0 Å². The van der Waals surface area contributed by atoms with Crippen LogP contribution >= 0.6 is 0 Å². The summed E-state index contributed by atoms with van der Waals surface area (Å²) in [4.78, 5) is 25.4. The Labute approximate surface area is 181 Å². The Hall–Kier alpha value is -3.88. The standard InChI is InChI=1S/C22H26N6O3/c1-14-7-8-23-19(11-14)28-21-13-20(26-15(2)27-21)24-9-10-25-22(29)16-5-6-17(30-3)18(12-16)31-4/h5-8,11-13H,9-10H2,1-4H3,(H,25,29)(H2,23,24,26,27,28). The van der Waals surface area contributed by atoms with Crippen molar-refractivity contribution in [2.24, 2.45) is 0 Å². The van der Waals surface area contributed by atoms with Crippen molar-refractivity contribution in [3.63, 3.8) is 0 Å². The largest absolute Gasteiger partial charge is 0.493 e. The van der Waals surface area contributed by atoms with Gasteiger partial charge in [0, 0.05) is 30.9 Å². The van der Waals surface area contributed by atoms with Gasteiger partial charge in [-0.05, 0) is 49.7 Å². The third-order valence-corrected chi connectivity index (χ3v) is 4.37. The monoisotopic (exact) mass is 422 g/mol. The molecule has 0 aliphatic rings. The minimum absolute atomic E-state index is 0.200. The van der Waals surface area contributed by atoms with Gasteiger partial charge in [0.05, 0.1) is 14.2 Å². The normalized spacial score (nSPS) is 10.3. The fourth-order valence-corrected chi connectivity index (χ4v) is 2.90. The minimum Gasteiger partial charge on any atom is -0.493 e. The molecule has 0 spiro atoms. The molecule has 0 bridgehead atoms. The Bertz CT molecular complexity index is 1060. The van der Waals surface area contributed by atoms with E-state index in [1.54, 1.807) is 37.6 Å². The van der Waals surface area contributed by atoms with Crippen LogP contribution in [0.2, 0.25) is 0 Å². The van der Waals surface area contributed by atoms with Gasteiger partial charge in [-0.1, -0.05) is 0 Å². The molecule has 0 aliphatic heterocycles. The van der Waals surface area contributed by atoms with E-state index >= 15 is 0 Å². The van der Waals surface area contributed by atoms with Crippen molar-refractivity contribution < 1.29 is 14.3 Å². The molecule has 1 aromatic carbocycles. The van der Waals surface area contributed by atoms with Gasteiger partial charge in [-0.2, -0.15) is 0 Å². The van der Waals surface area contributed by atoms with Crippen molar-refractivity contribution in [2.75, 3.05) is 37.9 Å². The smallest absolute Gasteiger partial charge is 0.251 e. The summed E-state index contributed by atoms with van der Waals surface area (Å²) in [6.45, 7) is 4.73. The number of ether oxygens (including phenoxy) is 2. The van der Waals surface area contributed by atoms with E-state index in [2.05, 4.69) is 30.9 Å². The van der Waals surface area contributed by atoms with E-state index in [-0.39, 0.29) is 5.91 Å². The number of anilines is 3. The van der Waals surface area contributed by atoms with Crippen molar-refractivity contribution >= 4 is 23.4 Å². The molecule has 31 heavy (non-hydrogen) atoms. The summed E-state index contributed by atoms with van der Waals surface area (Å²) in [5.74, 6) is 3.51. The van der Waals surface area contributed by atoms with Crippen LogP contribution in [0.5, 0.6) is 11.5 Å². The number of nitrogens with zero attached hydrogens (tertiary/aromatic N) is 3. The number of aromatic nitrogens is 3. The molecule has 2 heterocycles. The lowest BCUT2D eigenvalue weighted by atomic mass is 10.2. The number of carbonyl (C=O) groups is 1. The third kappa shape index (κ3) is 6.05. The van der Waals surface area contributed by atoms with E-state index in [4.69, 9.17) is 9.47 Å². The van der Waals surface area contributed by atoms with Gasteiger partial charge in [-0.3, -0.25) is 4.79 Å². The number of methoxy groups -OCH3 is 2. The lowest BCUT2D eigenvalue weighted by Gasteiger charge is -2.12. The SMILES string of the molecule is COc1ccc(C(=O)NCCNc2cc(Nc3cc(C)ccn3)nc(C)n2)cc1OC. The van der Waals surface area contributed by atoms with Crippen molar-refractivity contribution in [3.8, 4) is 11.5 Å². The van der Waals surface area contributed by atoms with Crippen molar-refractivity contribution in [3.05, 3.63) is 59.5 Å². The first-order valence-electron chi connectivity index (χ1n) is 9.78. The molecule has 0 fully saturated rings. The van der Waals surface area contributed by atoms with Gasteiger partial charge in [-0.15, -0.1) is 0 Å². The molecule has 0 radical (unpaired) electrons. The van der Waals surface area contributed by atoms with Gasteiger partial charge in [-0.25, -0.2) is 15.0 Å². The maximum absolute atomic E-state index is 12.4. The summed E-state index contributed by atoms with van der Waals surface area (Å²) in [6.07, 6.45) is 1.74. The summed E-state index contributed by atoms with van der Waals surface area (Å²) in [7, 11) is 3.09. The average Bonchev–Trinajstić information content (AvgIpc) is 2.75. The molecule has 0 aliphatic carbocycles. The van der Waals surface area contributed by atoms with E-state index in [0.717, 1.165) is 5.56 Å². The van der Waals surface area contributed by atoms with Crippen molar-refractivity contribution in [2.45, 2.75) is 13.8 Å². The highest BCUT2D eigenvalue weighted by atomic mass is 16.5. The van der Waals surface area contributed by atoms with E-state index in [9.17, 15) is 4.79 Å². The van der Waals surface area contributed by atoms with Crippen LogP contribution in [0.15, 0.2) is 42.6 Å². The van der Waals surface area contributed by atoms with Crippen LogP contribution in [0.1, 0.15) is 21.7 Å². The van der Waals surface area contributed by atoms with E-state index < -0.39 is 0 Å². The number of nitrogens with one attached hydrogen (secondary N) is 3. The third-order valence-electron chi connectivity index (χ3n) is 4.37. The van der Waals surface area contributed by atoms with E-state index in [1.165, 1.54) is 7.11 Å². The molecular weight excluding hydrogens is 396 g/mol. The second-order valence-electron chi connectivity index (χ2n) is 6.78. The van der Waals surface area contributed by atoms with E-state index in [0.29, 0.717) is 53.4 Å². The lowest BCUT2D eigenvalue weighted by molar-refractivity contribution is 0.0954. The first-order valence-corrected chi connectivity index (χ1v) is 9.78. The Morgan fingerprint density at radius 3 is 2.42 bits per heavy atom. The first kappa shape index (κ1) is 21.8. The number of carbonyl (C=O) groups excluding carboxylic acids is 1. The molecule has 0 saturated heterocycles. The molecule has 9 nitrogen and oxygen atoms in total. The number of amides is 1. The second-order valence-corrected chi connectivity index (χ2v) is 6.78. The van der Waals surface area contributed by atoms with Crippen LogP contribution in [-0.2, 0) is 0 Å². The van der Waals surface area contributed by atoms with Crippen molar-refractivity contribution in [1.82, 2.24) is 20.3 Å². The second kappa shape index (κ2) is 10.2. The van der Waals surface area contributed by atoms with Gasteiger partial charge in [0.2, 0.25) is 0 Å². The average molecular weight is 422 g/mol. The molecule has 1 amide bonds. The molecule has 0 atom stereocenters. The molecule has 0 saturated carbocycles. The molecule has 3 aromatic rings. The zero-order chi connectivity index (χ0) is 22.2. The maximum Gasteiger partial charge on any atom is 0.251 e. The van der Waals surface area contributed by atoms with Crippen LogP contribution in [-0.4, -0.2) is 48.2 Å². The van der Waals surface area contributed by atoms with Crippen LogP contribution in [0.3, 0.4) is 0 Å². The lowest BCUT2D eigenvalue weighted by Crippen LogP contribution is -2.29. The Morgan fingerprint density at radius 1 is 0.903 bits per heavy atom. The summed E-state index contributed by atoms with van der Waals surface area (Å²) in [6, 6.07) is 10.7. The van der Waals surface area contributed by atoms with Crippen LogP contribution in [0.25, 0.3) is 0 Å². The van der Waals surface area contributed by atoms with Gasteiger partial charge < -0.3 is 25.4 Å². The first-order chi connectivity index (χ1) is 15.0. The Balaban J connectivity index is 1.54. The van der Waals surface area contributed by atoms with Crippen molar-refractivity contribution in [1.29, 1.82) is 0 Å². The highest BCUT2D eigenvalue weighted by molar-refractivity contribution is 5.94. The van der Waals surface area contributed by atoms with Gasteiger partial charge in [0.25, 0.3) is 5.91 Å². The Morgan fingerprint density at radius 2 is 1.68 bits per heavy atom. The van der Waals surface area contributed by atoms with Crippen LogP contribution < -0.4 is 25.4 Å². The van der Waals surface area contributed by atoms with Crippen LogP contribution in [0, 0.1) is 13.8 Å². The molecule has 3 N–H and O–H groups in total. The topological polar surface area (TPSA) is 110 Å². The number of benzene rings is 1. The van der Waals surface area contributed by atoms with Gasteiger partial charge in [0.15, 0.2) is 11.5 Å².